The van der Waals surface area contributed by atoms with Crippen LogP contribution in [0.4, 0.5) is 15.8 Å². The predicted octanol–water partition coefficient (Wildman–Crippen LogP) is 3.07. The van der Waals surface area contributed by atoms with Crippen molar-refractivity contribution in [3.8, 4) is 6.07 Å². The van der Waals surface area contributed by atoms with Gasteiger partial charge in [0.05, 0.1) is 18.4 Å². The van der Waals surface area contributed by atoms with Gasteiger partial charge in [0.25, 0.3) is 5.91 Å². The Kier molecular flexibility index (Phi) is 5.85. The van der Waals surface area contributed by atoms with Crippen LogP contribution in [0, 0.1) is 17.1 Å². The predicted molar refractivity (Wildman–Crippen MR) is 90.1 cm³/mol. The van der Waals surface area contributed by atoms with Crippen molar-refractivity contribution in [3.05, 3.63) is 71.7 Å². The van der Waals surface area contributed by atoms with E-state index < -0.39 is 17.7 Å². The monoisotopic (exact) mass is 339 g/mol. The highest BCUT2D eigenvalue weighted by Crippen LogP contribution is 2.17. The number of hydrogen-bond donors (Lipinski definition) is 2. The molecule has 2 aromatic rings. The molecule has 0 radical (unpaired) electrons. The van der Waals surface area contributed by atoms with Crippen molar-refractivity contribution >= 4 is 23.3 Å². The minimum atomic E-state index is -0.669. The molecule has 0 spiro atoms. The second-order valence-corrected chi connectivity index (χ2v) is 4.81. The lowest BCUT2D eigenvalue weighted by Crippen LogP contribution is -2.15. The summed E-state index contributed by atoms with van der Waals surface area (Å²) in [5, 5.41) is 14.4. The van der Waals surface area contributed by atoms with Gasteiger partial charge in [-0.3, -0.25) is 4.79 Å². The highest BCUT2D eigenvalue weighted by molar-refractivity contribution is 6.06. The Morgan fingerprint density at radius 2 is 1.84 bits per heavy atom. The molecule has 126 valence electrons. The number of carbonyl (C=O) groups excluding carboxylic acids is 2. The van der Waals surface area contributed by atoms with Crippen molar-refractivity contribution in [1.82, 2.24) is 0 Å². The summed E-state index contributed by atoms with van der Waals surface area (Å²) in [6.07, 6.45) is 1.18. The second-order valence-electron chi connectivity index (χ2n) is 4.81. The number of benzene rings is 2. The molecule has 0 saturated carbocycles. The minimum Gasteiger partial charge on any atom is -0.465 e. The SMILES string of the molecule is COC(=O)c1ccccc1NC=C(C#N)C(=O)Nc1ccc(F)cc1. The molecule has 2 N–H and O–H groups in total. The number of amides is 1. The Balaban J connectivity index is 2.15. The standard InChI is InChI=1S/C18H14FN3O3/c1-25-18(24)15-4-2-3-5-16(15)21-11-12(10-20)17(23)22-14-8-6-13(19)7-9-14/h2-9,11,21H,1H3,(H,22,23). The summed E-state index contributed by atoms with van der Waals surface area (Å²) in [6, 6.07) is 13.4. The van der Waals surface area contributed by atoms with Crippen molar-refractivity contribution in [2.45, 2.75) is 0 Å². The number of nitrogens with zero attached hydrogens (tertiary/aromatic N) is 1. The number of ether oxygens (including phenoxy) is 1. The number of nitrogens with one attached hydrogen (secondary N) is 2. The average Bonchev–Trinajstić information content (AvgIpc) is 2.64. The molecule has 0 bridgehead atoms. The van der Waals surface area contributed by atoms with Gasteiger partial charge >= 0.3 is 5.97 Å². The summed E-state index contributed by atoms with van der Waals surface area (Å²) in [6.45, 7) is 0. The number of hydrogen-bond acceptors (Lipinski definition) is 5. The first-order chi connectivity index (χ1) is 12.0. The van der Waals surface area contributed by atoms with Crippen LogP contribution >= 0.6 is 0 Å². The summed E-state index contributed by atoms with van der Waals surface area (Å²) in [4.78, 5) is 23.8. The van der Waals surface area contributed by atoms with Crippen LogP contribution < -0.4 is 10.6 Å². The van der Waals surface area contributed by atoms with E-state index in [0.717, 1.165) is 0 Å². The summed E-state index contributed by atoms with van der Waals surface area (Å²) in [7, 11) is 1.26. The molecule has 0 unspecified atom stereocenters. The molecule has 0 atom stereocenters. The van der Waals surface area contributed by atoms with Crippen LogP contribution in [0.15, 0.2) is 60.3 Å². The second kappa shape index (κ2) is 8.26. The van der Waals surface area contributed by atoms with Crippen LogP contribution in [-0.2, 0) is 9.53 Å². The van der Waals surface area contributed by atoms with E-state index in [1.807, 2.05) is 0 Å². The molecule has 7 heteroatoms. The van der Waals surface area contributed by atoms with Crippen molar-refractivity contribution in [3.63, 3.8) is 0 Å². The molecular formula is C18H14FN3O3. The quantitative estimate of drug-likeness (QED) is 0.496. The van der Waals surface area contributed by atoms with Crippen molar-refractivity contribution in [2.75, 3.05) is 17.7 Å². The lowest BCUT2D eigenvalue weighted by Gasteiger charge is -2.08. The molecular weight excluding hydrogens is 325 g/mol. The fraction of sp³-hybridized carbons (Fsp3) is 0.0556. The van der Waals surface area contributed by atoms with Crippen molar-refractivity contribution in [2.24, 2.45) is 0 Å². The molecule has 25 heavy (non-hydrogen) atoms. The number of carbonyl (C=O) groups is 2. The first-order valence-electron chi connectivity index (χ1n) is 7.16. The number of para-hydroxylation sites is 1. The van der Waals surface area contributed by atoms with Gasteiger partial charge in [-0.25, -0.2) is 9.18 Å². The maximum Gasteiger partial charge on any atom is 0.339 e. The molecule has 0 aromatic heterocycles. The topological polar surface area (TPSA) is 91.2 Å². The largest absolute Gasteiger partial charge is 0.465 e. The van der Waals surface area contributed by atoms with Crippen LogP contribution in [0.25, 0.3) is 0 Å². The first kappa shape index (κ1) is 17.7. The molecule has 0 fully saturated rings. The van der Waals surface area contributed by atoms with Crippen LogP contribution in [0.3, 0.4) is 0 Å². The molecule has 6 nitrogen and oxygen atoms in total. The van der Waals surface area contributed by atoms with Crippen LogP contribution in [0.1, 0.15) is 10.4 Å². The van der Waals surface area contributed by atoms with E-state index >= 15 is 0 Å². The summed E-state index contributed by atoms with van der Waals surface area (Å²) < 4.78 is 17.5. The fourth-order valence-corrected chi connectivity index (χ4v) is 1.93. The Bertz CT molecular complexity index is 855. The molecule has 0 aliphatic carbocycles. The van der Waals surface area contributed by atoms with Gasteiger partial charge in [0.15, 0.2) is 0 Å². The zero-order valence-corrected chi connectivity index (χ0v) is 13.2. The van der Waals surface area contributed by atoms with Gasteiger partial charge in [-0.15, -0.1) is 0 Å². The third-order valence-electron chi connectivity index (χ3n) is 3.17. The molecule has 1 amide bonds. The molecule has 2 rings (SSSR count). The number of nitriles is 1. The van der Waals surface area contributed by atoms with E-state index in [9.17, 15) is 14.0 Å². The zero-order valence-electron chi connectivity index (χ0n) is 13.2. The zero-order chi connectivity index (χ0) is 18.2. The number of rotatable bonds is 5. The van der Waals surface area contributed by atoms with Gasteiger partial charge in [-0.1, -0.05) is 12.1 Å². The van der Waals surface area contributed by atoms with E-state index in [0.29, 0.717) is 11.4 Å². The number of methoxy groups -OCH3 is 1. The Hall–Kier alpha value is -3.66. The molecule has 0 aliphatic rings. The van der Waals surface area contributed by atoms with Crippen LogP contribution in [-0.4, -0.2) is 19.0 Å². The molecule has 0 heterocycles. The fourth-order valence-electron chi connectivity index (χ4n) is 1.93. The van der Waals surface area contributed by atoms with Crippen molar-refractivity contribution < 1.29 is 18.7 Å². The van der Waals surface area contributed by atoms with E-state index in [-0.39, 0.29) is 11.1 Å². The summed E-state index contributed by atoms with van der Waals surface area (Å²) >= 11 is 0. The smallest absolute Gasteiger partial charge is 0.339 e. The highest BCUT2D eigenvalue weighted by Gasteiger charge is 2.12. The van der Waals surface area contributed by atoms with E-state index in [1.54, 1.807) is 30.3 Å². The summed E-state index contributed by atoms with van der Waals surface area (Å²) in [5.74, 6) is -1.65. The highest BCUT2D eigenvalue weighted by atomic mass is 19.1. The van der Waals surface area contributed by atoms with E-state index in [1.165, 1.54) is 37.6 Å². The van der Waals surface area contributed by atoms with E-state index in [2.05, 4.69) is 15.4 Å². The van der Waals surface area contributed by atoms with Gasteiger partial charge in [-0.2, -0.15) is 5.26 Å². The third kappa shape index (κ3) is 4.65. The van der Waals surface area contributed by atoms with Gasteiger partial charge < -0.3 is 15.4 Å². The third-order valence-corrected chi connectivity index (χ3v) is 3.17. The molecule has 0 saturated heterocycles. The number of halogens is 1. The van der Waals surface area contributed by atoms with Gasteiger partial charge in [-0.05, 0) is 36.4 Å². The maximum absolute atomic E-state index is 12.9. The lowest BCUT2D eigenvalue weighted by molar-refractivity contribution is -0.112. The Labute approximate surface area is 143 Å². The maximum atomic E-state index is 12.9. The van der Waals surface area contributed by atoms with Gasteiger partial charge in [0.1, 0.15) is 17.5 Å². The first-order valence-corrected chi connectivity index (χ1v) is 7.16. The van der Waals surface area contributed by atoms with Gasteiger partial charge in [0, 0.05) is 11.9 Å². The normalized spacial score (nSPS) is 10.5. The summed E-state index contributed by atoms with van der Waals surface area (Å²) in [5.41, 5.74) is 0.778. The van der Waals surface area contributed by atoms with Crippen LogP contribution in [0.5, 0.6) is 0 Å². The van der Waals surface area contributed by atoms with Crippen molar-refractivity contribution in [1.29, 1.82) is 5.26 Å². The number of anilines is 2. The number of esters is 1. The average molecular weight is 339 g/mol. The van der Waals surface area contributed by atoms with Crippen LogP contribution in [0.2, 0.25) is 0 Å². The Morgan fingerprint density at radius 3 is 2.48 bits per heavy atom. The van der Waals surface area contributed by atoms with E-state index in [4.69, 9.17) is 5.26 Å². The van der Waals surface area contributed by atoms with Gasteiger partial charge in [0.2, 0.25) is 0 Å². The Morgan fingerprint density at radius 1 is 1.16 bits per heavy atom. The molecule has 0 aliphatic heterocycles. The minimum absolute atomic E-state index is 0.219. The molecule has 2 aromatic carbocycles. The lowest BCUT2D eigenvalue weighted by atomic mass is 10.2.